The topological polar surface area (TPSA) is 37.3 Å². The van der Waals surface area contributed by atoms with Crippen molar-refractivity contribution in [2.45, 2.75) is 19.5 Å². The van der Waals surface area contributed by atoms with Crippen LogP contribution in [-0.4, -0.2) is 11.1 Å². The van der Waals surface area contributed by atoms with E-state index in [-0.39, 0.29) is 5.56 Å². The average molecular weight is 217 g/mol. The lowest BCUT2D eigenvalue weighted by atomic mass is 10.1. The molecule has 0 spiro atoms. The number of benzene rings is 1. The standard InChI is InChI=1S/C10H10ClFO2/c1-2-6-3-4-7(5-8(6)11)9(12)10(13)14/h3-5,9H,2H2,1H3,(H,13,14). The molecule has 0 fully saturated rings. The number of carboxylic acid groups (broad SMARTS) is 1. The predicted octanol–water partition coefficient (Wildman–Crippen LogP) is 3.00. The fourth-order valence-corrected chi connectivity index (χ4v) is 1.47. The molecule has 0 aliphatic carbocycles. The summed E-state index contributed by atoms with van der Waals surface area (Å²) < 4.78 is 13.0. The van der Waals surface area contributed by atoms with E-state index in [0.29, 0.717) is 5.02 Å². The SMILES string of the molecule is CCc1ccc(C(F)C(=O)O)cc1Cl. The number of aliphatic carboxylic acids is 1. The maximum atomic E-state index is 13.0. The maximum Gasteiger partial charge on any atom is 0.343 e. The molecular formula is C10H10ClFO2. The van der Waals surface area contributed by atoms with Crippen LogP contribution >= 0.6 is 11.6 Å². The van der Waals surface area contributed by atoms with Crippen LogP contribution in [0.1, 0.15) is 24.2 Å². The first-order chi connectivity index (χ1) is 6.56. The van der Waals surface area contributed by atoms with Crippen molar-refractivity contribution >= 4 is 17.6 Å². The first-order valence-corrected chi connectivity index (χ1v) is 4.59. The molecule has 0 aromatic heterocycles. The van der Waals surface area contributed by atoms with Crippen LogP contribution in [0.4, 0.5) is 4.39 Å². The summed E-state index contributed by atoms with van der Waals surface area (Å²) in [6, 6.07) is 4.45. The second-order valence-corrected chi connectivity index (χ2v) is 3.31. The zero-order valence-corrected chi connectivity index (χ0v) is 8.38. The Morgan fingerprint density at radius 2 is 2.29 bits per heavy atom. The third-order valence-corrected chi connectivity index (χ3v) is 2.32. The molecule has 0 amide bonds. The van der Waals surface area contributed by atoms with E-state index in [2.05, 4.69) is 0 Å². The maximum absolute atomic E-state index is 13.0. The quantitative estimate of drug-likeness (QED) is 0.844. The summed E-state index contributed by atoms with van der Waals surface area (Å²) in [6.07, 6.45) is -1.26. The second kappa shape index (κ2) is 4.42. The second-order valence-electron chi connectivity index (χ2n) is 2.91. The van der Waals surface area contributed by atoms with E-state index in [0.717, 1.165) is 12.0 Å². The number of hydrogen-bond donors (Lipinski definition) is 1. The lowest BCUT2D eigenvalue weighted by molar-refractivity contribution is -0.143. The molecule has 0 radical (unpaired) electrons. The molecule has 1 aromatic carbocycles. The number of carbonyl (C=O) groups is 1. The van der Waals surface area contributed by atoms with Gasteiger partial charge in [-0.2, -0.15) is 0 Å². The molecule has 0 saturated heterocycles. The number of halogens is 2. The minimum absolute atomic E-state index is 0.0831. The Hall–Kier alpha value is -1.09. The minimum atomic E-state index is -2.00. The van der Waals surface area contributed by atoms with E-state index in [9.17, 15) is 9.18 Å². The zero-order chi connectivity index (χ0) is 10.7. The van der Waals surface area contributed by atoms with E-state index in [1.165, 1.54) is 12.1 Å². The van der Waals surface area contributed by atoms with Gasteiger partial charge in [-0.1, -0.05) is 30.7 Å². The summed E-state index contributed by atoms with van der Waals surface area (Å²) >= 11 is 5.82. The summed E-state index contributed by atoms with van der Waals surface area (Å²) in [7, 11) is 0. The molecule has 2 nitrogen and oxygen atoms in total. The van der Waals surface area contributed by atoms with Crippen molar-refractivity contribution in [3.63, 3.8) is 0 Å². The monoisotopic (exact) mass is 216 g/mol. The van der Waals surface area contributed by atoms with Crippen molar-refractivity contribution in [3.8, 4) is 0 Å². The van der Waals surface area contributed by atoms with Crippen LogP contribution in [0.2, 0.25) is 5.02 Å². The Balaban J connectivity index is 3.02. The van der Waals surface area contributed by atoms with Gasteiger partial charge in [-0.05, 0) is 23.6 Å². The summed E-state index contributed by atoms with van der Waals surface area (Å²) in [6.45, 7) is 1.92. The number of carboxylic acids is 1. The first-order valence-electron chi connectivity index (χ1n) is 4.21. The lowest BCUT2D eigenvalue weighted by Crippen LogP contribution is -2.06. The van der Waals surface area contributed by atoms with E-state index in [1.807, 2.05) is 6.92 Å². The zero-order valence-electron chi connectivity index (χ0n) is 7.63. The van der Waals surface area contributed by atoms with E-state index >= 15 is 0 Å². The largest absolute Gasteiger partial charge is 0.479 e. The molecule has 0 saturated carbocycles. The van der Waals surface area contributed by atoms with Crippen LogP contribution in [0.25, 0.3) is 0 Å². The Morgan fingerprint density at radius 3 is 2.71 bits per heavy atom. The number of hydrogen-bond acceptors (Lipinski definition) is 1. The van der Waals surface area contributed by atoms with Gasteiger partial charge >= 0.3 is 5.97 Å². The van der Waals surface area contributed by atoms with Crippen LogP contribution < -0.4 is 0 Å². The molecule has 1 N–H and O–H groups in total. The highest BCUT2D eigenvalue weighted by Gasteiger charge is 2.18. The fourth-order valence-electron chi connectivity index (χ4n) is 1.15. The molecule has 76 valence electrons. The van der Waals surface area contributed by atoms with Gasteiger partial charge in [-0.15, -0.1) is 0 Å². The molecule has 4 heteroatoms. The smallest absolute Gasteiger partial charge is 0.343 e. The van der Waals surface area contributed by atoms with Crippen molar-refractivity contribution in [1.29, 1.82) is 0 Å². The number of alkyl halides is 1. The van der Waals surface area contributed by atoms with Crippen molar-refractivity contribution < 1.29 is 14.3 Å². The summed E-state index contributed by atoms with van der Waals surface area (Å²) in [5, 5.41) is 8.85. The van der Waals surface area contributed by atoms with E-state index < -0.39 is 12.1 Å². The highest BCUT2D eigenvalue weighted by atomic mass is 35.5. The van der Waals surface area contributed by atoms with Gasteiger partial charge in [0.1, 0.15) is 0 Å². The van der Waals surface area contributed by atoms with Gasteiger partial charge in [0, 0.05) is 5.02 Å². The highest BCUT2D eigenvalue weighted by molar-refractivity contribution is 6.31. The Bertz CT molecular complexity index is 352. The van der Waals surface area contributed by atoms with Crippen molar-refractivity contribution in [1.82, 2.24) is 0 Å². The van der Waals surface area contributed by atoms with Crippen LogP contribution in [0.15, 0.2) is 18.2 Å². The number of rotatable bonds is 3. The van der Waals surface area contributed by atoms with Crippen LogP contribution in [-0.2, 0) is 11.2 Å². The van der Waals surface area contributed by atoms with Gasteiger partial charge in [0.15, 0.2) is 0 Å². The van der Waals surface area contributed by atoms with E-state index in [1.54, 1.807) is 6.07 Å². The van der Waals surface area contributed by atoms with Crippen molar-refractivity contribution in [2.75, 3.05) is 0 Å². The Labute approximate surface area is 86.3 Å². The lowest BCUT2D eigenvalue weighted by Gasteiger charge is -2.06. The van der Waals surface area contributed by atoms with Crippen molar-refractivity contribution in [3.05, 3.63) is 34.3 Å². The molecule has 0 aliphatic heterocycles. The molecular weight excluding hydrogens is 207 g/mol. The van der Waals surface area contributed by atoms with Gasteiger partial charge < -0.3 is 5.11 Å². The van der Waals surface area contributed by atoms with Crippen LogP contribution in [0.5, 0.6) is 0 Å². The normalized spacial score (nSPS) is 12.5. The van der Waals surface area contributed by atoms with Gasteiger partial charge in [0.25, 0.3) is 0 Å². The summed E-state index contributed by atoms with van der Waals surface area (Å²) in [4.78, 5) is 10.3. The van der Waals surface area contributed by atoms with E-state index in [4.69, 9.17) is 16.7 Å². The summed E-state index contributed by atoms with van der Waals surface area (Å²) in [5.74, 6) is -1.50. The molecule has 1 unspecified atom stereocenters. The van der Waals surface area contributed by atoms with Crippen LogP contribution in [0.3, 0.4) is 0 Å². The summed E-state index contributed by atoms with van der Waals surface area (Å²) in [5.41, 5.74) is 0.965. The average Bonchev–Trinajstić information content (AvgIpc) is 2.16. The third-order valence-electron chi connectivity index (χ3n) is 1.97. The molecule has 0 aliphatic rings. The fraction of sp³-hybridized carbons (Fsp3) is 0.300. The molecule has 1 aromatic rings. The molecule has 0 heterocycles. The molecule has 1 atom stereocenters. The Kier molecular flexibility index (Phi) is 3.47. The first kappa shape index (κ1) is 11.0. The highest BCUT2D eigenvalue weighted by Crippen LogP contribution is 2.24. The van der Waals surface area contributed by atoms with Crippen LogP contribution in [0, 0.1) is 0 Å². The number of aryl methyl sites for hydroxylation is 1. The predicted molar refractivity (Wildman–Crippen MR) is 52.3 cm³/mol. The third kappa shape index (κ3) is 2.23. The van der Waals surface area contributed by atoms with Gasteiger partial charge in [-0.25, -0.2) is 9.18 Å². The Morgan fingerprint density at radius 1 is 1.64 bits per heavy atom. The van der Waals surface area contributed by atoms with Gasteiger partial charge in [0.2, 0.25) is 6.17 Å². The molecule has 14 heavy (non-hydrogen) atoms. The minimum Gasteiger partial charge on any atom is -0.479 e. The van der Waals surface area contributed by atoms with Crippen molar-refractivity contribution in [2.24, 2.45) is 0 Å². The van der Waals surface area contributed by atoms with Gasteiger partial charge in [0.05, 0.1) is 0 Å². The van der Waals surface area contributed by atoms with Gasteiger partial charge in [-0.3, -0.25) is 0 Å². The molecule has 0 bridgehead atoms. The molecule has 1 rings (SSSR count).